The molecule has 2 aliphatic heterocycles. The van der Waals surface area contributed by atoms with Gasteiger partial charge >= 0.3 is 0 Å². The molecule has 0 radical (unpaired) electrons. The zero-order chi connectivity index (χ0) is 22.5. The quantitative estimate of drug-likeness (QED) is 0.691. The molecule has 0 aromatic carbocycles. The lowest BCUT2D eigenvalue weighted by atomic mass is 9.89. The molecular formula is C25H36N6O. The first kappa shape index (κ1) is 22.6. The molecule has 0 saturated carbocycles. The van der Waals surface area contributed by atoms with Crippen molar-refractivity contribution < 1.29 is 4.79 Å². The maximum Gasteiger partial charge on any atom is 0.225 e. The van der Waals surface area contributed by atoms with Crippen LogP contribution in [0.25, 0.3) is 11.1 Å². The number of carbonyl (C=O) groups excluding carboxylic acids is 1. The lowest BCUT2D eigenvalue weighted by Crippen LogP contribution is -2.45. The second kappa shape index (κ2) is 10.4. The predicted molar refractivity (Wildman–Crippen MR) is 128 cm³/mol. The fourth-order valence-electron chi connectivity index (χ4n) is 4.90. The summed E-state index contributed by atoms with van der Waals surface area (Å²) in [5, 5.41) is 0. The molecule has 2 aromatic rings. The van der Waals surface area contributed by atoms with Crippen LogP contribution in [0.1, 0.15) is 51.1 Å². The van der Waals surface area contributed by atoms with Gasteiger partial charge in [-0.25, -0.2) is 9.97 Å². The van der Waals surface area contributed by atoms with Crippen molar-refractivity contribution in [2.45, 2.75) is 45.4 Å². The van der Waals surface area contributed by atoms with Crippen LogP contribution < -0.4 is 4.90 Å². The number of amides is 1. The summed E-state index contributed by atoms with van der Waals surface area (Å²) in [7, 11) is 2.16. The molecule has 0 bridgehead atoms. The Morgan fingerprint density at radius 2 is 1.91 bits per heavy atom. The van der Waals surface area contributed by atoms with Gasteiger partial charge in [-0.3, -0.25) is 9.78 Å². The van der Waals surface area contributed by atoms with Crippen LogP contribution >= 0.6 is 0 Å². The molecule has 4 heterocycles. The smallest absolute Gasteiger partial charge is 0.225 e. The van der Waals surface area contributed by atoms with Gasteiger partial charge in [-0.2, -0.15) is 0 Å². The topological polar surface area (TPSA) is 65.5 Å². The summed E-state index contributed by atoms with van der Waals surface area (Å²) < 4.78 is 0. The van der Waals surface area contributed by atoms with E-state index in [0.29, 0.717) is 5.91 Å². The minimum absolute atomic E-state index is 0.123. The maximum absolute atomic E-state index is 13.1. The third kappa shape index (κ3) is 4.93. The highest BCUT2D eigenvalue weighted by molar-refractivity contribution is 5.79. The lowest BCUT2D eigenvalue weighted by molar-refractivity contribution is -0.137. The summed E-state index contributed by atoms with van der Waals surface area (Å²) in [6.45, 7) is 9.72. The van der Waals surface area contributed by atoms with Crippen molar-refractivity contribution >= 4 is 11.9 Å². The van der Waals surface area contributed by atoms with Gasteiger partial charge in [0.05, 0.1) is 5.69 Å². The molecule has 32 heavy (non-hydrogen) atoms. The van der Waals surface area contributed by atoms with Crippen molar-refractivity contribution in [3.63, 3.8) is 0 Å². The van der Waals surface area contributed by atoms with E-state index in [4.69, 9.17) is 9.97 Å². The Balaban J connectivity index is 1.65. The number of piperazine rings is 1. The van der Waals surface area contributed by atoms with Gasteiger partial charge in [-0.05, 0) is 38.8 Å². The standard InChI is InChI=1S/C25H36N6O/c1-4-19(5-2)24(32)31-11-7-9-21(18-31)23-22(20-8-6-10-26-16-20)17-27-25(28-23)30-14-12-29(3)13-15-30/h6,8,10,16-17,19,21H,4-5,7,9,11-15,18H2,1-3H3/t21-/m0/s1. The number of likely N-dealkylation sites (tertiary alicyclic amines) is 1. The van der Waals surface area contributed by atoms with Crippen LogP contribution in [-0.2, 0) is 4.79 Å². The van der Waals surface area contributed by atoms with Crippen molar-refractivity contribution in [3.05, 3.63) is 36.4 Å². The highest BCUT2D eigenvalue weighted by Crippen LogP contribution is 2.34. The molecule has 2 fully saturated rings. The summed E-state index contributed by atoms with van der Waals surface area (Å²) in [6.07, 6.45) is 9.49. The molecule has 2 aliphatic rings. The number of likely N-dealkylation sites (N-methyl/N-ethyl adjacent to an activating group) is 1. The fraction of sp³-hybridized carbons (Fsp3) is 0.600. The Bertz CT molecular complexity index is 893. The van der Waals surface area contributed by atoms with E-state index >= 15 is 0 Å². The first-order chi connectivity index (χ1) is 15.6. The zero-order valence-electron chi connectivity index (χ0n) is 19.7. The van der Waals surface area contributed by atoms with Gasteiger partial charge in [-0.1, -0.05) is 19.9 Å². The number of carbonyl (C=O) groups is 1. The zero-order valence-corrected chi connectivity index (χ0v) is 19.7. The molecular weight excluding hydrogens is 400 g/mol. The molecule has 7 nitrogen and oxygen atoms in total. The molecule has 172 valence electrons. The van der Waals surface area contributed by atoms with E-state index < -0.39 is 0 Å². The molecule has 1 amide bonds. The number of nitrogens with zero attached hydrogens (tertiary/aromatic N) is 6. The minimum Gasteiger partial charge on any atom is -0.342 e. The molecule has 1 atom stereocenters. The lowest BCUT2D eigenvalue weighted by Gasteiger charge is -2.36. The van der Waals surface area contributed by atoms with Crippen molar-refractivity contribution in [3.8, 4) is 11.1 Å². The predicted octanol–water partition coefficient (Wildman–Crippen LogP) is 3.43. The van der Waals surface area contributed by atoms with Crippen LogP contribution in [0.5, 0.6) is 0 Å². The van der Waals surface area contributed by atoms with Crippen molar-refractivity contribution in [2.24, 2.45) is 5.92 Å². The van der Waals surface area contributed by atoms with Crippen LogP contribution in [0.15, 0.2) is 30.7 Å². The number of rotatable bonds is 6. The summed E-state index contributed by atoms with van der Waals surface area (Å²) in [5.41, 5.74) is 3.14. The fourth-order valence-corrected chi connectivity index (χ4v) is 4.90. The Morgan fingerprint density at radius 3 is 2.59 bits per heavy atom. The first-order valence-corrected chi connectivity index (χ1v) is 12.1. The maximum atomic E-state index is 13.1. The summed E-state index contributed by atoms with van der Waals surface area (Å²) >= 11 is 0. The number of hydrogen-bond donors (Lipinski definition) is 0. The minimum atomic E-state index is 0.123. The number of hydrogen-bond acceptors (Lipinski definition) is 6. The molecule has 7 heteroatoms. The molecule has 2 aromatic heterocycles. The average Bonchev–Trinajstić information content (AvgIpc) is 2.85. The van der Waals surface area contributed by atoms with E-state index in [0.717, 1.165) is 87.7 Å². The summed E-state index contributed by atoms with van der Waals surface area (Å²) in [6, 6.07) is 4.03. The van der Waals surface area contributed by atoms with Gasteiger partial charge in [-0.15, -0.1) is 0 Å². The van der Waals surface area contributed by atoms with Gasteiger partial charge in [0.2, 0.25) is 11.9 Å². The number of aromatic nitrogens is 3. The Hall–Kier alpha value is -2.54. The summed E-state index contributed by atoms with van der Waals surface area (Å²) in [4.78, 5) is 34.0. The van der Waals surface area contributed by atoms with Gasteiger partial charge < -0.3 is 14.7 Å². The molecule has 0 N–H and O–H groups in total. The van der Waals surface area contributed by atoms with Gasteiger partial charge in [0.25, 0.3) is 0 Å². The Kier molecular flexibility index (Phi) is 7.35. The number of piperidine rings is 1. The van der Waals surface area contributed by atoms with Crippen molar-refractivity contribution in [1.29, 1.82) is 0 Å². The van der Waals surface area contributed by atoms with Crippen LogP contribution in [0.2, 0.25) is 0 Å². The third-order valence-electron chi connectivity index (χ3n) is 7.02. The highest BCUT2D eigenvalue weighted by Gasteiger charge is 2.31. The Morgan fingerprint density at radius 1 is 1.12 bits per heavy atom. The SMILES string of the molecule is CCC(CC)C(=O)N1CCC[C@H](c2nc(N3CCN(C)CC3)ncc2-c2cccnc2)C1. The number of pyridine rings is 1. The van der Waals surface area contributed by atoms with E-state index in [9.17, 15) is 4.79 Å². The molecule has 0 aliphatic carbocycles. The van der Waals surface area contributed by atoms with Gasteiger partial charge in [0.1, 0.15) is 0 Å². The molecule has 0 unspecified atom stereocenters. The average molecular weight is 437 g/mol. The van der Waals surface area contributed by atoms with Crippen LogP contribution in [0, 0.1) is 5.92 Å². The Labute approximate surface area is 191 Å². The van der Waals surface area contributed by atoms with E-state index in [1.807, 2.05) is 18.5 Å². The number of anilines is 1. The largest absolute Gasteiger partial charge is 0.342 e. The second-order valence-corrected chi connectivity index (χ2v) is 9.14. The van der Waals surface area contributed by atoms with Crippen LogP contribution in [-0.4, -0.2) is 77.0 Å². The molecule has 4 rings (SSSR count). The van der Waals surface area contributed by atoms with E-state index in [-0.39, 0.29) is 11.8 Å². The van der Waals surface area contributed by atoms with Crippen LogP contribution in [0.4, 0.5) is 5.95 Å². The first-order valence-electron chi connectivity index (χ1n) is 12.1. The van der Waals surface area contributed by atoms with Gasteiger partial charge in [0, 0.05) is 80.8 Å². The monoisotopic (exact) mass is 436 g/mol. The summed E-state index contributed by atoms with van der Waals surface area (Å²) in [5.74, 6) is 1.45. The van der Waals surface area contributed by atoms with E-state index in [1.165, 1.54) is 0 Å². The molecule has 0 spiro atoms. The second-order valence-electron chi connectivity index (χ2n) is 9.14. The third-order valence-corrected chi connectivity index (χ3v) is 7.02. The van der Waals surface area contributed by atoms with Crippen LogP contribution in [0.3, 0.4) is 0 Å². The van der Waals surface area contributed by atoms with Crippen molar-refractivity contribution in [1.82, 2.24) is 24.8 Å². The normalized spacial score (nSPS) is 20.1. The van der Waals surface area contributed by atoms with E-state index in [1.54, 1.807) is 6.20 Å². The highest BCUT2D eigenvalue weighted by atomic mass is 16.2. The van der Waals surface area contributed by atoms with Gasteiger partial charge in [0.15, 0.2) is 0 Å². The van der Waals surface area contributed by atoms with Crippen molar-refractivity contribution in [2.75, 3.05) is 51.2 Å². The molecule has 2 saturated heterocycles. The van der Waals surface area contributed by atoms with E-state index in [2.05, 4.69) is 46.6 Å².